The van der Waals surface area contributed by atoms with Crippen LogP contribution in [-0.4, -0.2) is 23.3 Å². The fourth-order valence-corrected chi connectivity index (χ4v) is 5.07. The van der Waals surface area contributed by atoms with Crippen LogP contribution in [0.15, 0.2) is 0 Å². The quantitative estimate of drug-likeness (QED) is 0.787. The first-order valence-corrected chi connectivity index (χ1v) is 8.09. The minimum atomic E-state index is -0.478. The van der Waals surface area contributed by atoms with Gasteiger partial charge in [-0.15, -0.1) is 0 Å². The summed E-state index contributed by atoms with van der Waals surface area (Å²) in [7, 11) is 0. The van der Waals surface area contributed by atoms with Gasteiger partial charge in [-0.3, -0.25) is 0 Å². The van der Waals surface area contributed by atoms with Gasteiger partial charge in [-0.1, -0.05) is 13.8 Å². The van der Waals surface area contributed by atoms with E-state index in [2.05, 4.69) is 19.2 Å². The van der Waals surface area contributed by atoms with E-state index in [1.807, 2.05) is 0 Å². The van der Waals surface area contributed by atoms with E-state index < -0.39 is 5.60 Å². The second-order valence-corrected chi connectivity index (χ2v) is 7.27. The highest BCUT2D eigenvalue weighted by atomic mass is 16.3. The van der Waals surface area contributed by atoms with Gasteiger partial charge in [0.15, 0.2) is 0 Å². The van der Waals surface area contributed by atoms with Gasteiger partial charge in [-0.05, 0) is 68.6 Å². The normalized spacial score (nSPS) is 42.5. The molecule has 18 heavy (non-hydrogen) atoms. The lowest BCUT2D eigenvalue weighted by Gasteiger charge is -2.55. The molecule has 104 valence electrons. The molecule has 4 saturated carbocycles. The molecule has 0 amide bonds. The van der Waals surface area contributed by atoms with Crippen LogP contribution < -0.4 is 5.32 Å². The van der Waals surface area contributed by atoms with Crippen molar-refractivity contribution in [2.75, 3.05) is 6.54 Å². The summed E-state index contributed by atoms with van der Waals surface area (Å²) in [5.74, 6) is 3.92. The highest BCUT2D eigenvalue weighted by molar-refractivity contribution is 5.01. The Morgan fingerprint density at radius 1 is 0.944 bits per heavy atom. The topological polar surface area (TPSA) is 32.3 Å². The molecule has 4 fully saturated rings. The molecule has 0 atom stereocenters. The van der Waals surface area contributed by atoms with Crippen LogP contribution in [-0.2, 0) is 0 Å². The van der Waals surface area contributed by atoms with Gasteiger partial charge in [-0.25, -0.2) is 0 Å². The van der Waals surface area contributed by atoms with E-state index in [0.29, 0.717) is 6.04 Å². The van der Waals surface area contributed by atoms with Crippen molar-refractivity contribution in [2.45, 2.75) is 70.4 Å². The second kappa shape index (κ2) is 4.79. The molecule has 4 aliphatic carbocycles. The Balaban J connectivity index is 1.60. The summed E-state index contributed by atoms with van der Waals surface area (Å²) in [6.07, 6.45) is 9.09. The molecule has 2 heteroatoms. The highest BCUT2D eigenvalue weighted by Crippen LogP contribution is 2.53. The van der Waals surface area contributed by atoms with Crippen LogP contribution in [0.4, 0.5) is 0 Å². The van der Waals surface area contributed by atoms with E-state index in [0.717, 1.165) is 43.1 Å². The number of hydrogen-bond acceptors (Lipinski definition) is 2. The Labute approximate surface area is 112 Å². The zero-order chi connectivity index (χ0) is 12.8. The van der Waals surface area contributed by atoms with E-state index in [1.165, 1.54) is 32.1 Å². The zero-order valence-corrected chi connectivity index (χ0v) is 12.0. The van der Waals surface area contributed by atoms with Crippen molar-refractivity contribution in [1.82, 2.24) is 5.32 Å². The maximum absolute atomic E-state index is 10.4. The van der Waals surface area contributed by atoms with Crippen LogP contribution in [0.25, 0.3) is 0 Å². The van der Waals surface area contributed by atoms with Gasteiger partial charge in [0.05, 0.1) is 5.60 Å². The van der Waals surface area contributed by atoms with Crippen molar-refractivity contribution >= 4 is 0 Å². The van der Waals surface area contributed by atoms with E-state index in [-0.39, 0.29) is 0 Å². The molecule has 0 heterocycles. The van der Waals surface area contributed by atoms with Crippen LogP contribution >= 0.6 is 0 Å². The first-order valence-electron chi connectivity index (χ1n) is 8.09. The molecule has 0 aromatic heterocycles. The van der Waals surface area contributed by atoms with Gasteiger partial charge in [0.1, 0.15) is 0 Å². The maximum Gasteiger partial charge on any atom is 0.0766 e. The number of hydrogen-bond donors (Lipinski definition) is 2. The largest absolute Gasteiger partial charge is 0.389 e. The second-order valence-electron chi connectivity index (χ2n) is 7.27. The Morgan fingerprint density at radius 3 is 1.89 bits per heavy atom. The van der Waals surface area contributed by atoms with Crippen molar-refractivity contribution in [2.24, 2.45) is 23.7 Å². The third-order valence-corrected chi connectivity index (χ3v) is 6.21. The summed E-state index contributed by atoms with van der Waals surface area (Å²) < 4.78 is 0. The van der Waals surface area contributed by atoms with Crippen LogP contribution in [0.5, 0.6) is 0 Å². The molecule has 0 aromatic carbocycles. The molecule has 4 bridgehead atoms. The summed E-state index contributed by atoms with van der Waals surface area (Å²) in [6, 6.07) is 0.711. The van der Waals surface area contributed by atoms with Crippen LogP contribution in [0.1, 0.15) is 58.8 Å². The van der Waals surface area contributed by atoms with Gasteiger partial charge in [0.25, 0.3) is 0 Å². The van der Waals surface area contributed by atoms with Gasteiger partial charge < -0.3 is 10.4 Å². The average molecular weight is 251 g/mol. The zero-order valence-electron chi connectivity index (χ0n) is 12.0. The molecule has 0 radical (unpaired) electrons. The smallest absolute Gasteiger partial charge is 0.0766 e. The Bertz CT molecular complexity index is 269. The molecule has 0 aliphatic heterocycles. The van der Waals surface area contributed by atoms with E-state index in [4.69, 9.17) is 0 Å². The van der Waals surface area contributed by atoms with E-state index in [9.17, 15) is 5.11 Å². The molecule has 4 rings (SSSR count). The van der Waals surface area contributed by atoms with Gasteiger partial charge in [0.2, 0.25) is 0 Å². The summed E-state index contributed by atoms with van der Waals surface area (Å²) in [5.41, 5.74) is -0.478. The summed E-state index contributed by atoms with van der Waals surface area (Å²) in [5, 5.41) is 14.2. The predicted octanol–water partition coefficient (Wildman–Crippen LogP) is 2.95. The first-order chi connectivity index (χ1) is 8.63. The Hall–Kier alpha value is -0.0800. The molecule has 0 aromatic rings. The molecule has 4 aliphatic rings. The molecular formula is C16H29NO. The van der Waals surface area contributed by atoms with Gasteiger partial charge >= 0.3 is 0 Å². The predicted molar refractivity (Wildman–Crippen MR) is 74.4 cm³/mol. The van der Waals surface area contributed by atoms with Crippen LogP contribution in [0.2, 0.25) is 0 Å². The lowest BCUT2D eigenvalue weighted by atomic mass is 9.54. The van der Waals surface area contributed by atoms with Gasteiger partial charge in [0, 0.05) is 12.6 Å². The van der Waals surface area contributed by atoms with Crippen LogP contribution in [0, 0.1) is 23.7 Å². The average Bonchev–Trinajstić information content (AvgIpc) is 2.37. The minimum absolute atomic E-state index is 0.478. The summed E-state index contributed by atoms with van der Waals surface area (Å²) in [4.78, 5) is 0. The summed E-state index contributed by atoms with van der Waals surface area (Å²) in [6.45, 7) is 5.00. The Kier molecular flexibility index (Phi) is 3.44. The van der Waals surface area contributed by atoms with Crippen molar-refractivity contribution < 1.29 is 5.11 Å². The molecular weight excluding hydrogens is 222 g/mol. The molecule has 0 spiro atoms. The lowest BCUT2D eigenvalue weighted by molar-refractivity contribution is -0.0300. The SMILES string of the molecule is CCC(O)(CC)CNC1C2CC3CC(C2)CC1C3. The summed E-state index contributed by atoms with van der Waals surface area (Å²) >= 11 is 0. The third kappa shape index (κ3) is 2.22. The number of nitrogens with one attached hydrogen (secondary N) is 1. The fourth-order valence-electron chi connectivity index (χ4n) is 5.07. The minimum Gasteiger partial charge on any atom is -0.389 e. The maximum atomic E-state index is 10.4. The van der Waals surface area contributed by atoms with E-state index in [1.54, 1.807) is 0 Å². The van der Waals surface area contributed by atoms with Crippen molar-refractivity contribution in [3.8, 4) is 0 Å². The van der Waals surface area contributed by atoms with Gasteiger partial charge in [-0.2, -0.15) is 0 Å². The molecule has 0 saturated heterocycles. The molecule has 0 unspecified atom stereocenters. The number of rotatable bonds is 5. The monoisotopic (exact) mass is 251 g/mol. The fraction of sp³-hybridized carbons (Fsp3) is 1.00. The lowest BCUT2D eigenvalue weighted by Crippen LogP contribution is -2.57. The molecule has 2 nitrogen and oxygen atoms in total. The third-order valence-electron chi connectivity index (χ3n) is 6.21. The standard InChI is InChI=1S/C16H29NO/c1-3-16(18,4-2)10-17-15-13-6-11-5-12(8-13)9-14(15)7-11/h11-15,17-18H,3-10H2,1-2H3. The first kappa shape index (κ1) is 12.9. The van der Waals surface area contributed by atoms with Crippen molar-refractivity contribution in [1.29, 1.82) is 0 Å². The van der Waals surface area contributed by atoms with Crippen LogP contribution in [0.3, 0.4) is 0 Å². The van der Waals surface area contributed by atoms with E-state index >= 15 is 0 Å². The molecule has 2 N–H and O–H groups in total. The van der Waals surface area contributed by atoms with Crippen molar-refractivity contribution in [3.63, 3.8) is 0 Å². The number of aliphatic hydroxyl groups is 1. The highest BCUT2D eigenvalue weighted by Gasteiger charge is 2.48. The van der Waals surface area contributed by atoms with Crippen molar-refractivity contribution in [3.05, 3.63) is 0 Å². The Morgan fingerprint density at radius 2 is 1.44 bits per heavy atom.